The van der Waals surface area contributed by atoms with E-state index in [0.717, 1.165) is 5.56 Å². The van der Waals surface area contributed by atoms with Crippen LogP contribution in [0.1, 0.15) is 22.8 Å². The van der Waals surface area contributed by atoms with Crippen LogP contribution in [0, 0.1) is 0 Å². The summed E-state index contributed by atoms with van der Waals surface area (Å²) in [5.41, 5.74) is 6.52. The van der Waals surface area contributed by atoms with Crippen LogP contribution in [-0.4, -0.2) is 18.0 Å². The first-order valence-electron chi connectivity index (χ1n) is 6.85. The minimum atomic E-state index is -0.770. The van der Waals surface area contributed by atoms with Crippen molar-refractivity contribution in [3.05, 3.63) is 65.7 Å². The number of carbonyl (C=O) groups is 2. The molecule has 0 amide bonds. The monoisotopic (exact) mass is 299 g/mol. The average Bonchev–Trinajstić information content (AvgIpc) is 2.54. The molecule has 0 unspecified atom stereocenters. The van der Waals surface area contributed by atoms with Gasteiger partial charge in [-0.1, -0.05) is 42.5 Å². The molecular weight excluding hydrogens is 282 g/mol. The summed E-state index contributed by atoms with van der Waals surface area (Å²) in [5, 5.41) is 0. The topological polar surface area (TPSA) is 78.6 Å². The van der Waals surface area contributed by atoms with Gasteiger partial charge in [-0.15, -0.1) is 0 Å². The lowest BCUT2D eigenvalue weighted by Crippen LogP contribution is -2.31. The summed E-state index contributed by atoms with van der Waals surface area (Å²) < 4.78 is 10.4. The second-order valence-corrected chi connectivity index (χ2v) is 4.77. The molecule has 0 bridgehead atoms. The molecule has 0 aromatic heterocycles. The summed E-state index contributed by atoms with van der Waals surface area (Å²) in [7, 11) is 0. The molecule has 5 heteroatoms. The summed E-state index contributed by atoms with van der Waals surface area (Å²) in [5.74, 6) is -1.02. The van der Waals surface area contributed by atoms with Gasteiger partial charge in [0.2, 0.25) is 0 Å². The summed E-state index contributed by atoms with van der Waals surface area (Å²) in [6.07, 6.45) is 0. The van der Waals surface area contributed by atoms with Gasteiger partial charge in [-0.3, -0.25) is 0 Å². The highest BCUT2D eigenvalue weighted by molar-refractivity contribution is 5.93. The van der Waals surface area contributed by atoms with Crippen LogP contribution in [0.25, 0.3) is 0 Å². The highest BCUT2D eigenvalue weighted by Gasteiger charge is 2.18. The van der Waals surface area contributed by atoms with Gasteiger partial charge in [-0.2, -0.15) is 0 Å². The van der Waals surface area contributed by atoms with Crippen molar-refractivity contribution in [2.24, 2.45) is 5.73 Å². The van der Waals surface area contributed by atoms with Gasteiger partial charge in [-0.25, -0.2) is 9.59 Å². The summed E-state index contributed by atoms with van der Waals surface area (Å²) in [6.45, 7) is 1.66. The number of hydrogen-bond acceptors (Lipinski definition) is 5. The Hall–Kier alpha value is -2.66. The Balaban J connectivity index is 2.07. The summed E-state index contributed by atoms with van der Waals surface area (Å²) in [4.78, 5) is 23.7. The molecule has 2 aromatic rings. The molecule has 0 spiro atoms. The second-order valence-electron chi connectivity index (χ2n) is 4.77. The van der Waals surface area contributed by atoms with E-state index in [4.69, 9.17) is 15.2 Å². The van der Waals surface area contributed by atoms with Crippen LogP contribution in [0.2, 0.25) is 0 Å². The maximum absolute atomic E-state index is 12.1. The molecule has 0 saturated carbocycles. The Morgan fingerprint density at radius 1 is 1.05 bits per heavy atom. The Morgan fingerprint density at radius 2 is 1.68 bits per heavy atom. The Morgan fingerprint density at radius 3 is 2.36 bits per heavy atom. The molecule has 0 fully saturated rings. The lowest BCUT2D eigenvalue weighted by Gasteiger charge is -2.11. The van der Waals surface area contributed by atoms with Gasteiger partial charge in [-0.05, 0) is 24.6 Å². The van der Waals surface area contributed by atoms with Crippen molar-refractivity contribution in [2.75, 3.05) is 0 Å². The molecular formula is C17H17NO4. The number of ether oxygens (including phenoxy) is 2. The summed E-state index contributed by atoms with van der Waals surface area (Å²) in [6, 6.07) is 15.0. The smallest absolute Gasteiger partial charge is 0.342 e. The lowest BCUT2D eigenvalue weighted by molar-refractivity contribution is -0.135. The van der Waals surface area contributed by atoms with E-state index >= 15 is 0 Å². The van der Waals surface area contributed by atoms with Gasteiger partial charge in [0.05, 0.1) is 0 Å². The van der Waals surface area contributed by atoms with Crippen LogP contribution in [0.15, 0.2) is 54.6 Å². The van der Waals surface area contributed by atoms with E-state index in [9.17, 15) is 9.59 Å². The zero-order valence-corrected chi connectivity index (χ0v) is 12.2. The number of benzene rings is 2. The molecule has 0 aliphatic carbocycles. The standard InChI is InChI=1S/C17H17NO4/c1-12(18)16(19)22-15-10-6-5-9-14(15)17(20)21-11-13-7-3-2-4-8-13/h2-10,12H,11,18H2,1H3/t12-/m0/s1. The van der Waals surface area contributed by atoms with Crippen LogP contribution in [0.3, 0.4) is 0 Å². The molecule has 2 rings (SSSR count). The number of hydrogen-bond donors (Lipinski definition) is 1. The minimum absolute atomic E-state index is 0.142. The molecule has 2 aromatic carbocycles. The van der Waals surface area contributed by atoms with E-state index in [1.165, 1.54) is 19.1 Å². The van der Waals surface area contributed by atoms with Crippen molar-refractivity contribution in [3.63, 3.8) is 0 Å². The zero-order chi connectivity index (χ0) is 15.9. The Kier molecular flexibility index (Phi) is 5.27. The molecule has 0 aliphatic rings. The first-order chi connectivity index (χ1) is 10.6. The van der Waals surface area contributed by atoms with E-state index in [1.807, 2.05) is 30.3 Å². The number of carbonyl (C=O) groups excluding carboxylic acids is 2. The van der Waals surface area contributed by atoms with Crippen molar-refractivity contribution >= 4 is 11.9 Å². The predicted octanol–water partition coefficient (Wildman–Crippen LogP) is 2.30. The van der Waals surface area contributed by atoms with Crippen LogP contribution in [0.5, 0.6) is 5.75 Å². The second kappa shape index (κ2) is 7.38. The van der Waals surface area contributed by atoms with Gasteiger partial charge in [0.1, 0.15) is 24.0 Å². The molecule has 0 heterocycles. The third-order valence-electron chi connectivity index (χ3n) is 2.90. The fourth-order valence-electron chi connectivity index (χ4n) is 1.73. The molecule has 0 radical (unpaired) electrons. The largest absolute Gasteiger partial charge is 0.457 e. The van der Waals surface area contributed by atoms with Crippen molar-refractivity contribution < 1.29 is 19.1 Å². The zero-order valence-electron chi connectivity index (χ0n) is 12.2. The van der Waals surface area contributed by atoms with E-state index in [2.05, 4.69) is 0 Å². The molecule has 5 nitrogen and oxygen atoms in total. The van der Waals surface area contributed by atoms with Gasteiger partial charge in [0.15, 0.2) is 0 Å². The average molecular weight is 299 g/mol. The quantitative estimate of drug-likeness (QED) is 0.677. The fraction of sp³-hybridized carbons (Fsp3) is 0.176. The number of esters is 2. The van der Waals surface area contributed by atoms with Gasteiger partial charge >= 0.3 is 11.9 Å². The maximum atomic E-state index is 12.1. The summed E-state index contributed by atoms with van der Waals surface area (Å²) >= 11 is 0. The minimum Gasteiger partial charge on any atom is -0.457 e. The first-order valence-corrected chi connectivity index (χ1v) is 6.85. The van der Waals surface area contributed by atoms with Crippen LogP contribution in [-0.2, 0) is 16.1 Å². The number of nitrogens with two attached hydrogens (primary N) is 1. The molecule has 22 heavy (non-hydrogen) atoms. The van der Waals surface area contributed by atoms with Crippen molar-refractivity contribution in [1.82, 2.24) is 0 Å². The third kappa shape index (κ3) is 4.17. The molecule has 2 N–H and O–H groups in total. The van der Waals surface area contributed by atoms with E-state index in [1.54, 1.807) is 12.1 Å². The Bertz CT molecular complexity index is 653. The Labute approximate surface area is 128 Å². The number of para-hydroxylation sites is 1. The normalized spacial score (nSPS) is 11.5. The van der Waals surface area contributed by atoms with E-state index in [-0.39, 0.29) is 17.9 Å². The lowest BCUT2D eigenvalue weighted by atomic mass is 10.2. The van der Waals surface area contributed by atoms with E-state index < -0.39 is 18.0 Å². The van der Waals surface area contributed by atoms with Crippen LogP contribution >= 0.6 is 0 Å². The van der Waals surface area contributed by atoms with Crippen LogP contribution in [0.4, 0.5) is 0 Å². The first kappa shape index (κ1) is 15.7. The molecule has 1 atom stereocenters. The van der Waals surface area contributed by atoms with Crippen LogP contribution < -0.4 is 10.5 Å². The predicted molar refractivity (Wildman–Crippen MR) is 81.3 cm³/mol. The molecule has 0 saturated heterocycles. The van der Waals surface area contributed by atoms with Gasteiger partial charge in [0, 0.05) is 0 Å². The number of rotatable bonds is 5. The SMILES string of the molecule is C[C@H](N)C(=O)Oc1ccccc1C(=O)OCc1ccccc1. The van der Waals surface area contributed by atoms with Crippen molar-refractivity contribution in [3.8, 4) is 5.75 Å². The van der Waals surface area contributed by atoms with E-state index in [0.29, 0.717) is 0 Å². The molecule has 114 valence electrons. The fourth-order valence-corrected chi connectivity index (χ4v) is 1.73. The highest BCUT2D eigenvalue weighted by Crippen LogP contribution is 2.20. The van der Waals surface area contributed by atoms with Crippen molar-refractivity contribution in [1.29, 1.82) is 0 Å². The van der Waals surface area contributed by atoms with Gasteiger partial charge in [0.25, 0.3) is 0 Å². The highest BCUT2D eigenvalue weighted by atomic mass is 16.5. The van der Waals surface area contributed by atoms with Gasteiger partial charge < -0.3 is 15.2 Å². The molecule has 0 aliphatic heterocycles. The third-order valence-corrected chi connectivity index (χ3v) is 2.90. The van der Waals surface area contributed by atoms with Crippen molar-refractivity contribution in [2.45, 2.75) is 19.6 Å². The maximum Gasteiger partial charge on any atom is 0.342 e.